The van der Waals surface area contributed by atoms with E-state index < -0.39 is 5.97 Å². The zero-order chi connectivity index (χ0) is 13.5. The lowest BCUT2D eigenvalue weighted by atomic mass is 10.0. The summed E-state index contributed by atoms with van der Waals surface area (Å²) in [6.07, 6.45) is 2.56. The van der Waals surface area contributed by atoms with Gasteiger partial charge < -0.3 is 5.11 Å². The summed E-state index contributed by atoms with van der Waals surface area (Å²) < 4.78 is 0. The third-order valence-corrected chi connectivity index (χ3v) is 3.04. The molecule has 1 aromatic rings. The molecule has 1 unspecified atom stereocenters. The zero-order valence-electron chi connectivity index (χ0n) is 10.5. The Hall–Kier alpha value is -1.32. The fourth-order valence-electron chi connectivity index (χ4n) is 2.03. The molecule has 1 aromatic carbocycles. The Bertz CT molecular complexity index is 403. The molecular formula is C14H18ClNO2. The second-order valence-corrected chi connectivity index (χ2v) is 4.52. The van der Waals surface area contributed by atoms with Crippen LogP contribution in [0.4, 0.5) is 0 Å². The van der Waals surface area contributed by atoms with Crippen molar-refractivity contribution >= 4 is 17.6 Å². The minimum absolute atomic E-state index is 0.00710. The third kappa shape index (κ3) is 4.17. The zero-order valence-corrected chi connectivity index (χ0v) is 11.2. The molecule has 0 bridgehead atoms. The topological polar surface area (TPSA) is 40.5 Å². The number of hydrogen-bond donors (Lipinski definition) is 1. The fourth-order valence-corrected chi connectivity index (χ4v) is 2.16. The summed E-state index contributed by atoms with van der Waals surface area (Å²) in [6, 6.07) is 7.60. The van der Waals surface area contributed by atoms with Gasteiger partial charge in [0.1, 0.15) is 0 Å². The van der Waals surface area contributed by atoms with Crippen molar-refractivity contribution in [1.82, 2.24) is 4.90 Å². The van der Waals surface area contributed by atoms with E-state index in [0.717, 1.165) is 12.0 Å². The second-order valence-electron chi connectivity index (χ2n) is 4.09. The van der Waals surface area contributed by atoms with Crippen LogP contribution in [0.2, 0.25) is 5.02 Å². The van der Waals surface area contributed by atoms with Crippen LogP contribution in [0.15, 0.2) is 36.9 Å². The van der Waals surface area contributed by atoms with Gasteiger partial charge >= 0.3 is 5.97 Å². The Labute approximate surface area is 113 Å². The van der Waals surface area contributed by atoms with Crippen LogP contribution in [0.5, 0.6) is 0 Å². The summed E-state index contributed by atoms with van der Waals surface area (Å²) in [4.78, 5) is 12.8. The molecule has 0 saturated carbocycles. The van der Waals surface area contributed by atoms with E-state index in [2.05, 4.69) is 6.58 Å². The maximum Gasteiger partial charge on any atom is 0.317 e. The Morgan fingerprint density at radius 1 is 1.50 bits per heavy atom. The molecule has 0 heterocycles. The number of nitrogens with zero attached hydrogens (tertiary/aromatic N) is 1. The van der Waals surface area contributed by atoms with Crippen LogP contribution >= 0.6 is 11.6 Å². The molecule has 18 heavy (non-hydrogen) atoms. The number of halogens is 1. The minimum Gasteiger partial charge on any atom is -0.480 e. The molecule has 0 aliphatic heterocycles. The van der Waals surface area contributed by atoms with E-state index in [-0.39, 0.29) is 12.6 Å². The van der Waals surface area contributed by atoms with Gasteiger partial charge in [-0.1, -0.05) is 36.7 Å². The SMILES string of the molecule is C=CCN(CC(=O)O)C(CC)c1ccc(Cl)cc1. The molecule has 0 amide bonds. The maximum atomic E-state index is 10.9. The van der Waals surface area contributed by atoms with Crippen molar-refractivity contribution in [3.8, 4) is 0 Å². The molecule has 3 nitrogen and oxygen atoms in total. The van der Waals surface area contributed by atoms with Gasteiger partial charge in [-0.3, -0.25) is 9.69 Å². The molecular weight excluding hydrogens is 250 g/mol. The van der Waals surface area contributed by atoms with Crippen molar-refractivity contribution in [3.63, 3.8) is 0 Å². The lowest BCUT2D eigenvalue weighted by Gasteiger charge is -2.29. The lowest BCUT2D eigenvalue weighted by molar-refractivity contribution is -0.138. The van der Waals surface area contributed by atoms with Crippen molar-refractivity contribution < 1.29 is 9.90 Å². The highest BCUT2D eigenvalue weighted by Crippen LogP contribution is 2.25. The van der Waals surface area contributed by atoms with Crippen LogP contribution in [-0.2, 0) is 4.79 Å². The Balaban J connectivity index is 2.93. The number of carboxylic acid groups (broad SMARTS) is 1. The van der Waals surface area contributed by atoms with Gasteiger partial charge in [0.25, 0.3) is 0 Å². The van der Waals surface area contributed by atoms with Crippen LogP contribution in [-0.4, -0.2) is 29.1 Å². The average Bonchev–Trinajstić information content (AvgIpc) is 2.32. The van der Waals surface area contributed by atoms with E-state index in [4.69, 9.17) is 16.7 Å². The molecule has 0 aliphatic carbocycles. The summed E-state index contributed by atoms with van der Waals surface area (Å²) in [5.74, 6) is -0.829. The molecule has 0 fully saturated rings. The fraction of sp³-hybridized carbons (Fsp3) is 0.357. The van der Waals surface area contributed by atoms with Crippen molar-refractivity contribution in [2.45, 2.75) is 19.4 Å². The summed E-state index contributed by atoms with van der Waals surface area (Å²) in [7, 11) is 0. The van der Waals surface area contributed by atoms with Crippen LogP contribution in [0, 0.1) is 0 Å². The van der Waals surface area contributed by atoms with Gasteiger partial charge in [-0.05, 0) is 24.1 Å². The molecule has 1 atom stereocenters. The van der Waals surface area contributed by atoms with E-state index in [1.165, 1.54) is 0 Å². The molecule has 1 rings (SSSR count). The Morgan fingerprint density at radius 2 is 2.11 bits per heavy atom. The van der Waals surface area contributed by atoms with E-state index in [0.29, 0.717) is 11.6 Å². The standard InChI is InChI=1S/C14H18ClNO2/c1-3-9-16(10-14(17)18)13(4-2)11-5-7-12(15)8-6-11/h3,5-8,13H,1,4,9-10H2,2H3,(H,17,18). The number of rotatable bonds is 7. The van der Waals surface area contributed by atoms with Gasteiger partial charge in [0.2, 0.25) is 0 Å². The van der Waals surface area contributed by atoms with Crippen molar-refractivity contribution in [2.24, 2.45) is 0 Å². The molecule has 4 heteroatoms. The Kier molecular flexibility index (Phi) is 5.89. The third-order valence-electron chi connectivity index (χ3n) is 2.78. The van der Waals surface area contributed by atoms with Crippen molar-refractivity contribution in [2.75, 3.05) is 13.1 Å². The highest BCUT2D eigenvalue weighted by atomic mass is 35.5. The largest absolute Gasteiger partial charge is 0.480 e. The number of aliphatic carboxylic acids is 1. The molecule has 1 N–H and O–H groups in total. The first kappa shape index (κ1) is 14.7. The summed E-state index contributed by atoms with van der Waals surface area (Å²) in [5, 5.41) is 9.63. The van der Waals surface area contributed by atoms with Gasteiger partial charge in [-0.15, -0.1) is 6.58 Å². The summed E-state index contributed by atoms with van der Waals surface area (Å²) >= 11 is 5.86. The second kappa shape index (κ2) is 7.19. The lowest BCUT2D eigenvalue weighted by Crippen LogP contribution is -2.33. The van der Waals surface area contributed by atoms with Gasteiger partial charge in [-0.25, -0.2) is 0 Å². The minimum atomic E-state index is -0.829. The normalized spacial score (nSPS) is 12.4. The molecule has 0 saturated heterocycles. The quantitative estimate of drug-likeness (QED) is 0.770. The van der Waals surface area contributed by atoms with Crippen LogP contribution in [0.1, 0.15) is 24.9 Å². The van der Waals surface area contributed by atoms with Crippen LogP contribution in [0.25, 0.3) is 0 Å². The van der Waals surface area contributed by atoms with E-state index in [9.17, 15) is 4.79 Å². The van der Waals surface area contributed by atoms with E-state index in [1.54, 1.807) is 6.08 Å². The van der Waals surface area contributed by atoms with E-state index in [1.807, 2.05) is 36.1 Å². The highest BCUT2D eigenvalue weighted by molar-refractivity contribution is 6.30. The molecule has 0 spiro atoms. The van der Waals surface area contributed by atoms with Gasteiger partial charge in [0.05, 0.1) is 6.54 Å². The predicted molar refractivity (Wildman–Crippen MR) is 73.9 cm³/mol. The average molecular weight is 268 g/mol. The van der Waals surface area contributed by atoms with Crippen molar-refractivity contribution in [1.29, 1.82) is 0 Å². The number of carbonyl (C=O) groups is 1. The first-order valence-corrected chi connectivity index (χ1v) is 6.28. The van der Waals surface area contributed by atoms with Crippen LogP contribution < -0.4 is 0 Å². The molecule has 0 aromatic heterocycles. The summed E-state index contributed by atoms with van der Waals surface area (Å²) in [5.41, 5.74) is 1.07. The summed E-state index contributed by atoms with van der Waals surface area (Å²) in [6.45, 7) is 6.27. The first-order chi connectivity index (χ1) is 8.58. The Morgan fingerprint density at radius 3 is 2.56 bits per heavy atom. The maximum absolute atomic E-state index is 10.9. The number of hydrogen-bond acceptors (Lipinski definition) is 2. The van der Waals surface area contributed by atoms with Crippen molar-refractivity contribution in [3.05, 3.63) is 47.5 Å². The molecule has 0 aliphatic rings. The smallest absolute Gasteiger partial charge is 0.317 e. The first-order valence-electron chi connectivity index (χ1n) is 5.90. The van der Waals surface area contributed by atoms with Gasteiger partial charge in [0.15, 0.2) is 0 Å². The van der Waals surface area contributed by atoms with Crippen LogP contribution in [0.3, 0.4) is 0 Å². The van der Waals surface area contributed by atoms with Gasteiger partial charge in [0, 0.05) is 17.6 Å². The molecule has 0 radical (unpaired) electrons. The van der Waals surface area contributed by atoms with Gasteiger partial charge in [-0.2, -0.15) is 0 Å². The predicted octanol–water partition coefficient (Wildman–Crippen LogP) is 3.36. The monoisotopic (exact) mass is 267 g/mol. The highest BCUT2D eigenvalue weighted by Gasteiger charge is 2.19. The van der Waals surface area contributed by atoms with E-state index >= 15 is 0 Å². The number of benzene rings is 1. The number of carboxylic acids is 1. The molecule has 98 valence electrons.